The molecule has 0 aliphatic rings. The van der Waals surface area contributed by atoms with E-state index in [2.05, 4.69) is 19.9 Å². The quantitative estimate of drug-likeness (QED) is 0.665. The van der Waals surface area contributed by atoms with E-state index in [0.29, 0.717) is 17.7 Å². The number of alkyl halides is 2. The van der Waals surface area contributed by atoms with E-state index < -0.39 is 0 Å². The number of benzene rings is 1. The maximum absolute atomic E-state index is 6.09. The van der Waals surface area contributed by atoms with Crippen molar-refractivity contribution in [3.63, 3.8) is 0 Å². The van der Waals surface area contributed by atoms with Gasteiger partial charge in [0.25, 0.3) is 0 Å². The van der Waals surface area contributed by atoms with Gasteiger partial charge in [0.2, 0.25) is 0 Å². The fourth-order valence-electron chi connectivity index (χ4n) is 1.70. The van der Waals surface area contributed by atoms with E-state index in [0.717, 1.165) is 11.4 Å². The van der Waals surface area contributed by atoms with Gasteiger partial charge in [-0.25, -0.2) is 0 Å². The summed E-state index contributed by atoms with van der Waals surface area (Å²) in [6.45, 7) is 4.32. The summed E-state index contributed by atoms with van der Waals surface area (Å²) in [4.78, 5) is 0. The van der Waals surface area contributed by atoms with E-state index in [1.165, 1.54) is 5.56 Å². The van der Waals surface area contributed by atoms with E-state index in [-0.39, 0.29) is 5.41 Å². The van der Waals surface area contributed by atoms with Crippen molar-refractivity contribution < 1.29 is 0 Å². The van der Waals surface area contributed by atoms with Crippen LogP contribution in [-0.2, 0) is 6.42 Å². The molecule has 0 aliphatic heterocycles. The minimum atomic E-state index is -0.0478. The van der Waals surface area contributed by atoms with Gasteiger partial charge >= 0.3 is 0 Å². The van der Waals surface area contributed by atoms with Gasteiger partial charge in [-0.2, -0.15) is 0 Å². The Morgan fingerprint density at radius 1 is 1.19 bits per heavy atom. The molecule has 0 atom stereocenters. The second kappa shape index (κ2) is 6.14. The van der Waals surface area contributed by atoms with Crippen LogP contribution in [0.3, 0.4) is 0 Å². The Kier molecular flexibility index (Phi) is 5.43. The van der Waals surface area contributed by atoms with E-state index in [9.17, 15) is 0 Å². The van der Waals surface area contributed by atoms with Crippen LogP contribution in [0.2, 0.25) is 5.02 Å². The Hall–Kier alpha value is 0.0900. The Labute approximate surface area is 113 Å². The number of hydrogen-bond acceptors (Lipinski definition) is 0. The summed E-state index contributed by atoms with van der Waals surface area (Å²) in [7, 11) is 0. The lowest BCUT2D eigenvalue weighted by molar-refractivity contribution is 0.259. The second-order valence-electron chi connectivity index (χ2n) is 4.59. The molecule has 16 heavy (non-hydrogen) atoms. The molecule has 3 heteroatoms. The van der Waals surface area contributed by atoms with Crippen LogP contribution in [0.1, 0.15) is 19.4 Å². The molecule has 0 N–H and O–H groups in total. The molecular weight excluding hydrogens is 263 g/mol. The average Bonchev–Trinajstić information content (AvgIpc) is 2.25. The van der Waals surface area contributed by atoms with Gasteiger partial charge in [0.15, 0.2) is 0 Å². The summed E-state index contributed by atoms with van der Waals surface area (Å²) in [6, 6.07) is 7.90. The topological polar surface area (TPSA) is 0 Å². The monoisotopic (exact) mass is 278 g/mol. The highest BCUT2D eigenvalue weighted by molar-refractivity contribution is 6.30. The van der Waals surface area contributed by atoms with Gasteiger partial charge < -0.3 is 0 Å². The lowest BCUT2D eigenvalue weighted by atomic mass is 9.76. The molecule has 1 aromatic rings. The molecule has 0 aromatic heterocycles. The first-order valence-corrected chi connectivity index (χ1v) is 6.85. The molecular formula is C13H17Cl3. The maximum Gasteiger partial charge on any atom is 0.0408 e. The molecule has 90 valence electrons. The molecule has 0 heterocycles. The van der Waals surface area contributed by atoms with Crippen molar-refractivity contribution in [2.24, 2.45) is 11.3 Å². The molecule has 0 unspecified atom stereocenters. The Morgan fingerprint density at radius 3 is 2.25 bits per heavy atom. The zero-order chi connectivity index (χ0) is 12.2. The molecule has 1 rings (SSSR count). The minimum Gasteiger partial charge on any atom is -0.126 e. The summed E-state index contributed by atoms with van der Waals surface area (Å²) >= 11 is 18.2. The van der Waals surface area contributed by atoms with E-state index in [1.807, 2.05) is 18.2 Å². The lowest BCUT2D eigenvalue weighted by Crippen LogP contribution is -2.34. The van der Waals surface area contributed by atoms with E-state index >= 15 is 0 Å². The molecule has 0 fully saturated rings. The third-order valence-electron chi connectivity index (χ3n) is 3.20. The van der Waals surface area contributed by atoms with Crippen molar-refractivity contribution in [3.05, 3.63) is 34.9 Å². The van der Waals surface area contributed by atoms with E-state index in [1.54, 1.807) is 0 Å². The number of rotatable bonds is 5. The van der Waals surface area contributed by atoms with Crippen molar-refractivity contribution in [2.75, 3.05) is 11.8 Å². The van der Waals surface area contributed by atoms with Crippen LogP contribution in [-0.4, -0.2) is 11.8 Å². The lowest BCUT2D eigenvalue weighted by Gasteiger charge is -2.34. The van der Waals surface area contributed by atoms with Gasteiger partial charge in [-0.05, 0) is 30.0 Å². The molecule has 0 amide bonds. The van der Waals surface area contributed by atoms with Crippen molar-refractivity contribution in [2.45, 2.75) is 20.3 Å². The molecule has 0 saturated heterocycles. The molecule has 0 spiro atoms. The number of hydrogen-bond donors (Lipinski definition) is 0. The zero-order valence-corrected chi connectivity index (χ0v) is 11.9. The molecule has 0 aliphatic carbocycles. The average molecular weight is 280 g/mol. The van der Waals surface area contributed by atoms with Crippen molar-refractivity contribution >= 4 is 34.8 Å². The highest BCUT2D eigenvalue weighted by Crippen LogP contribution is 2.35. The van der Waals surface area contributed by atoms with Crippen LogP contribution < -0.4 is 0 Å². The first-order valence-electron chi connectivity index (χ1n) is 5.40. The predicted molar refractivity (Wildman–Crippen MR) is 73.9 cm³/mol. The van der Waals surface area contributed by atoms with Crippen molar-refractivity contribution in [3.8, 4) is 0 Å². The van der Waals surface area contributed by atoms with Gasteiger partial charge in [0.1, 0.15) is 0 Å². The van der Waals surface area contributed by atoms with Crippen LogP contribution in [0, 0.1) is 11.3 Å². The van der Waals surface area contributed by atoms with Crippen LogP contribution in [0.5, 0.6) is 0 Å². The highest BCUT2D eigenvalue weighted by atomic mass is 35.5. The van der Waals surface area contributed by atoms with Crippen LogP contribution >= 0.6 is 34.8 Å². The Balaban J connectivity index is 2.91. The first-order chi connectivity index (χ1) is 7.54. The summed E-state index contributed by atoms with van der Waals surface area (Å²) < 4.78 is 0. The standard InChI is InChI=1S/C13H17Cl3/c1-10(2)13(8-14,9-15)7-11-4-3-5-12(16)6-11/h3-6,10H,7-9H2,1-2H3. The fraction of sp³-hybridized carbons (Fsp3) is 0.538. The highest BCUT2D eigenvalue weighted by Gasteiger charge is 2.32. The van der Waals surface area contributed by atoms with Crippen molar-refractivity contribution in [1.29, 1.82) is 0 Å². The SMILES string of the molecule is CC(C)C(CCl)(CCl)Cc1cccc(Cl)c1. The summed E-state index contributed by atoms with van der Waals surface area (Å²) in [6.07, 6.45) is 0.873. The van der Waals surface area contributed by atoms with Gasteiger partial charge in [0.05, 0.1) is 0 Å². The number of halogens is 3. The molecule has 0 saturated carbocycles. The van der Waals surface area contributed by atoms with E-state index in [4.69, 9.17) is 34.8 Å². The van der Waals surface area contributed by atoms with Crippen LogP contribution in [0.4, 0.5) is 0 Å². The first kappa shape index (κ1) is 14.2. The molecule has 0 radical (unpaired) electrons. The third kappa shape index (κ3) is 3.29. The van der Waals surface area contributed by atoms with Crippen LogP contribution in [0.25, 0.3) is 0 Å². The molecule has 0 nitrogen and oxygen atoms in total. The zero-order valence-electron chi connectivity index (χ0n) is 9.64. The van der Waals surface area contributed by atoms with Gasteiger partial charge in [-0.1, -0.05) is 37.6 Å². The summed E-state index contributed by atoms with van der Waals surface area (Å²) in [5.41, 5.74) is 1.15. The molecule has 1 aromatic carbocycles. The second-order valence-corrected chi connectivity index (χ2v) is 5.56. The summed E-state index contributed by atoms with van der Waals surface area (Å²) in [5, 5.41) is 0.763. The van der Waals surface area contributed by atoms with Gasteiger partial charge in [-0.15, -0.1) is 23.2 Å². The van der Waals surface area contributed by atoms with Crippen LogP contribution in [0.15, 0.2) is 24.3 Å². The normalized spacial score (nSPS) is 12.1. The fourth-order valence-corrected chi connectivity index (χ4v) is 3.00. The Morgan fingerprint density at radius 2 is 1.81 bits per heavy atom. The summed E-state index contributed by atoms with van der Waals surface area (Å²) in [5.74, 6) is 1.59. The maximum atomic E-state index is 6.09. The molecule has 0 bridgehead atoms. The Bertz CT molecular complexity index is 330. The van der Waals surface area contributed by atoms with Gasteiger partial charge in [0, 0.05) is 22.2 Å². The smallest absolute Gasteiger partial charge is 0.0408 e. The van der Waals surface area contributed by atoms with Crippen molar-refractivity contribution in [1.82, 2.24) is 0 Å². The third-order valence-corrected chi connectivity index (χ3v) is 4.50. The largest absolute Gasteiger partial charge is 0.126 e. The predicted octanol–water partition coefficient (Wildman–Crippen LogP) is 5.00. The minimum absolute atomic E-state index is 0.0478. The van der Waals surface area contributed by atoms with Gasteiger partial charge in [-0.3, -0.25) is 0 Å².